The predicted molar refractivity (Wildman–Crippen MR) is 55.1 cm³/mol. The Morgan fingerprint density at radius 2 is 1.43 bits per heavy atom. The SMILES string of the molecule is OCCN(C1CCC(O)CC1)C1CC1. The van der Waals surface area contributed by atoms with Crippen LogP contribution in [0.4, 0.5) is 0 Å². The molecule has 2 rings (SSSR count). The monoisotopic (exact) mass is 199 g/mol. The van der Waals surface area contributed by atoms with Gasteiger partial charge in [-0.1, -0.05) is 0 Å². The maximum Gasteiger partial charge on any atom is 0.0558 e. The Morgan fingerprint density at radius 3 is 1.86 bits per heavy atom. The summed E-state index contributed by atoms with van der Waals surface area (Å²) in [7, 11) is 0. The lowest BCUT2D eigenvalue weighted by atomic mass is 9.92. The van der Waals surface area contributed by atoms with E-state index < -0.39 is 0 Å². The van der Waals surface area contributed by atoms with Crippen molar-refractivity contribution in [3.05, 3.63) is 0 Å². The second-order valence-electron chi connectivity index (χ2n) is 4.65. The Bertz CT molecular complexity index is 174. The van der Waals surface area contributed by atoms with Gasteiger partial charge in [-0.05, 0) is 38.5 Å². The molecule has 14 heavy (non-hydrogen) atoms. The molecule has 0 aliphatic heterocycles. The van der Waals surface area contributed by atoms with E-state index >= 15 is 0 Å². The lowest BCUT2D eigenvalue weighted by Gasteiger charge is -2.35. The van der Waals surface area contributed by atoms with Crippen molar-refractivity contribution in [2.75, 3.05) is 13.2 Å². The highest BCUT2D eigenvalue weighted by molar-refractivity contribution is 4.90. The Hall–Kier alpha value is -0.120. The number of aliphatic hydroxyl groups is 2. The van der Waals surface area contributed by atoms with E-state index in [1.165, 1.54) is 12.8 Å². The molecular formula is C11H21NO2. The van der Waals surface area contributed by atoms with Gasteiger partial charge in [-0.25, -0.2) is 0 Å². The van der Waals surface area contributed by atoms with Crippen LogP contribution in [0.2, 0.25) is 0 Å². The molecule has 0 saturated heterocycles. The van der Waals surface area contributed by atoms with Crippen LogP contribution in [0.25, 0.3) is 0 Å². The quantitative estimate of drug-likeness (QED) is 0.702. The number of hydrogen-bond donors (Lipinski definition) is 2. The van der Waals surface area contributed by atoms with Crippen molar-refractivity contribution in [1.82, 2.24) is 4.90 Å². The fraction of sp³-hybridized carbons (Fsp3) is 1.00. The zero-order valence-electron chi connectivity index (χ0n) is 8.73. The van der Waals surface area contributed by atoms with Gasteiger partial charge in [-0.2, -0.15) is 0 Å². The van der Waals surface area contributed by atoms with E-state index in [2.05, 4.69) is 4.90 Å². The third-order valence-electron chi connectivity index (χ3n) is 3.51. The second-order valence-corrected chi connectivity index (χ2v) is 4.65. The zero-order chi connectivity index (χ0) is 9.97. The maximum absolute atomic E-state index is 9.42. The first-order valence-corrected chi connectivity index (χ1v) is 5.86. The normalized spacial score (nSPS) is 33.6. The first-order valence-electron chi connectivity index (χ1n) is 5.86. The first kappa shape index (κ1) is 10.4. The minimum atomic E-state index is -0.0681. The van der Waals surface area contributed by atoms with Gasteiger partial charge in [0.05, 0.1) is 12.7 Å². The van der Waals surface area contributed by atoms with Crippen molar-refractivity contribution in [3.63, 3.8) is 0 Å². The molecular weight excluding hydrogens is 178 g/mol. The van der Waals surface area contributed by atoms with Crippen LogP contribution in [0.1, 0.15) is 38.5 Å². The summed E-state index contributed by atoms with van der Waals surface area (Å²) in [5.74, 6) is 0. The highest BCUT2D eigenvalue weighted by Gasteiger charge is 2.34. The molecule has 0 aromatic heterocycles. The summed E-state index contributed by atoms with van der Waals surface area (Å²) in [6.45, 7) is 1.10. The molecule has 2 saturated carbocycles. The van der Waals surface area contributed by atoms with Crippen LogP contribution in [0, 0.1) is 0 Å². The van der Waals surface area contributed by atoms with Gasteiger partial charge >= 0.3 is 0 Å². The van der Waals surface area contributed by atoms with E-state index in [1.54, 1.807) is 0 Å². The lowest BCUT2D eigenvalue weighted by molar-refractivity contribution is 0.0609. The molecule has 0 bridgehead atoms. The molecule has 0 heterocycles. The van der Waals surface area contributed by atoms with E-state index in [1.807, 2.05) is 0 Å². The lowest BCUT2D eigenvalue weighted by Crippen LogP contribution is -2.42. The summed E-state index contributed by atoms with van der Waals surface area (Å²) in [4.78, 5) is 2.46. The van der Waals surface area contributed by atoms with Crippen LogP contribution >= 0.6 is 0 Å². The molecule has 0 unspecified atom stereocenters. The molecule has 0 aromatic rings. The summed E-state index contributed by atoms with van der Waals surface area (Å²) in [5, 5.41) is 18.4. The average Bonchev–Trinajstić information content (AvgIpc) is 2.99. The summed E-state index contributed by atoms with van der Waals surface area (Å²) in [6.07, 6.45) is 6.65. The van der Waals surface area contributed by atoms with Crippen molar-refractivity contribution in [2.24, 2.45) is 0 Å². The van der Waals surface area contributed by atoms with Crippen LogP contribution in [0.3, 0.4) is 0 Å². The molecule has 2 aliphatic carbocycles. The van der Waals surface area contributed by atoms with Crippen molar-refractivity contribution < 1.29 is 10.2 Å². The molecule has 0 aromatic carbocycles. The predicted octanol–water partition coefficient (Wildman–Crippen LogP) is 0.747. The van der Waals surface area contributed by atoms with Crippen LogP contribution in [0.5, 0.6) is 0 Å². The fourth-order valence-corrected chi connectivity index (χ4v) is 2.57. The van der Waals surface area contributed by atoms with E-state index in [-0.39, 0.29) is 12.7 Å². The Kier molecular flexibility index (Phi) is 3.42. The Labute approximate surface area is 85.7 Å². The second kappa shape index (κ2) is 4.60. The zero-order valence-corrected chi connectivity index (χ0v) is 8.73. The maximum atomic E-state index is 9.42. The smallest absolute Gasteiger partial charge is 0.0558 e. The molecule has 0 spiro atoms. The average molecular weight is 199 g/mol. The topological polar surface area (TPSA) is 43.7 Å². The standard InChI is InChI=1S/C11H21NO2/c13-8-7-12(9-1-2-9)10-3-5-11(14)6-4-10/h9-11,13-14H,1-8H2. The first-order chi connectivity index (χ1) is 6.81. The van der Waals surface area contributed by atoms with Gasteiger partial charge in [0.1, 0.15) is 0 Å². The number of nitrogens with zero attached hydrogens (tertiary/aromatic N) is 1. The van der Waals surface area contributed by atoms with Crippen LogP contribution in [0.15, 0.2) is 0 Å². The summed E-state index contributed by atoms with van der Waals surface area (Å²) < 4.78 is 0. The fourth-order valence-electron chi connectivity index (χ4n) is 2.57. The summed E-state index contributed by atoms with van der Waals surface area (Å²) >= 11 is 0. The highest BCUT2D eigenvalue weighted by atomic mass is 16.3. The van der Waals surface area contributed by atoms with Crippen molar-refractivity contribution in [3.8, 4) is 0 Å². The molecule has 2 fully saturated rings. The molecule has 3 nitrogen and oxygen atoms in total. The van der Waals surface area contributed by atoms with Gasteiger partial charge in [0.25, 0.3) is 0 Å². The van der Waals surface area contributed by atoms with Gasteiger partial charge in [0, 0.05) is 18.6 Å². The minimum absolute atomic E-state index is 0.0681. The molecule has 2 N–H and O–H groups in total. The molecule has 0 atom stereocenters. The van der Waals surface area contributed by atoms with E-state index in [0.717, 1.165) is 38.3 Å². The molecule has 0 amide bonds. The van der Waals surface area contributed by atoms with Crippen molar-refractivity contribution in [2.45, 2.75) is 56.7 Å². The van der Waals surface area contributed by atoms with Gasteiger partial charge in [-0.3, -0.25) is 4.90 Å². The van der Waals surface area contributed by atoms with Gasteiger partial charge in [0.2, 0.25) is 0 Å². The van der Waals surface area contributed by atoms with Crippen molar-refractivity contribution in [1.29, 1.82) is 0 Å². The van der Waals surface area contributed by atoms with E-state index in [9.17, 15) is 5.11 Å². The highest BCUT2D eigenvalue weighted by Crippen LogP contribution is 2.33. The third-order valence-corrected chi connectivity index (χ3v) is 3.51. The van der Waals surface area contributed by atoms with Crippen LogP contribution < -0.4 is 0 Å². The largest absolute Gasteiger partial charge is 0.395 e. The van der Waals surface area contributed by atoms with Gasteiger partial charge in [-0.15, -0.1) is 0 Å². The molecule has 82 valence electrons. The molecule has 0 radical (unpaired) electrons. The number of rotatable bonds is 4. The van der Waals surface area contributed by atoms with E-state index in [0.29, 0.717) is 6.04 Å². The summed E-state index contributed by atoms with van der Waals surface area (Å²) in [6, 6.07) is 1.36. The minimum Gasteiger partial charge on any atom is -0.395 e. The number of hydrogen-bond acceptors (Lipinski definition) is 3. The Balaban J connectivity index is 1.84. The third kappa shape index (κ3) is 2.47. The number of aliphatic hydroxyl groups excluding tert-OH is 2. The summed E-state index contributed by atoms with van der Waals surface area (Å²) in [5.41, 5.74) is 0. The van der Waals surface area contributed by atoms with E-state index in [4.69, 9.17) is 5.11 Å². The van der Waals surface area contributed by atoms with Crippen LogP contribution in [-0.4, -0.2) is 46.5 Å². The van der Waals surface area contributed by atoms with Crippen LogP contribution in [-0.2, 0) is 0 Å². The molecule has 3 heteroatoms. The van der Waals surface area contributed by atoms with Gasteiger partial charge in [0.15, 0.2) is 0 Å². The Morgan fingerprint density at radius 1 is 0.929 bits per heavy atom. The van der Waals surface area contributed by atoms with Crippen molar-refractivity contribution >= 4 is 0 Å². The molecule has 2 aliphatic rings. The van der Waals surface area contributed by atoms with Gasteiger partial charge < -0.3 is 10.2 Å².